The van der Waals surface area contributed by atoms with Crippen LogP contribution < -0.4 is 14.8 Å². The van der Waals surface area contributed by atoms with E-state index < -0.39 is 0 Å². The van der Waals surface area contributed by atoms with Crippen LogP contribution in [0.4, 0.5) is 0 Å². The molecule has 0 unspecified atom stereocenters. The Morgan fingerprint density at radius 2 is 1.81 bits per heavy atom. The maximum atomic E-state index is 12.4. The third-order valence-corrected chi connectivity index (χ3v) is 5.93. The minimum Gasteiger partial charge on any atom is -0.493 e. The Hall–Kier alpha value is -2.08. The second kappa shape index (κ2) is 9.74. The maximum Gasteiger partial charge on any atom is 0.226 e. The first-order valence-electron chi connectivity index (χ1n) is 9.65. The van der Waals surface area contributed by atoms with Gasteiger partial charge in [-0.3, -0.25) is 4.79 Å². The molecule has 1 amide bonds. The fraction of sp³-hybridized carbons (Fsp3) is 0.524. The van der Waals surface area contributed by atoms with Crippen molar-refractivity contribution >= 4 is 17.2 Å². The lowest BCUT2D eigenvalue weighted by Crippen LogP contribution is -2.36. The van der Waals surface area contributed by atoms with Gasteiger partial charge in [0.25, 0.3) is 0 Å². The highest BCUT2D eigenvalue weighted by Crippen LogP contribution is 2.33. The van der Waals surface area contributed by atoms with Gasteiger partial charge < -0.3 is 14.8 Å². The number of hydrogen-bond donors (Lipinski definition) is 1. The van der Waals surface area contributed by atoms with Crippen LogP contribution in [0.1, 0.15) is 50.6 Å². The second-order valence-electron chi connectivity index (χ2n) is 7.00. The van der Waals surface area contributed by atoms with Crippen LogP contribution in [0, 0.1) is 0 Å². The summed E-state index contributed by atoms with van der Waals surface area (Å²) in [5.74, 6) is 1.44. The first-order valence-corrected chi connectivity index (χ1v) is 10.5. The molecule has 1 aromatic carbocycles. The fourth-order valence-corrected chi connectivity index (χ4v) is 4.35. The predicted octanol–water partition coefficient (Wildman–Crippen LogP) is 4.60. The molecule has 5 nitrogen and oxygen atoms in total. The van der Waals surface area contributed by atoms with E-state index in [9.17, 15) is 4.79 Å². The van der Waals surface area contributed by atoms with Crippen LogP contribution in [0.3, 0.4) is 0 Å². The molecule has 0 saturated heterocycles. The lowest BCUT2D eigenvalue weighted by atomic mass is 9.96. The van der Waals surface area contributed by atoms with Crippen molar-refractivity contribution in [3.05, 3.63) is 29.3 Å². The summed E-state index contributed by atoms with van der Waals surface area (Å²) in [6, 6.07) is 6.06. The summed E-state index contributed by atoms with van der Waals surface area (Å²) in [4.78, 5) is 17.1. The number of rotatable bonds is 6. The van der Waals surface area contributed by atoms with Crippen molar-refractivity contribution in [2.75, 3.05) is 14.2 Å². The molecular formula is C21H28N2O3S. The predicted molar refractivity (Wildman–Crippen MR) is 109 cm³/mol. The van der Waals surface area contributed by atoms with Crippen LogP contribution in [0.2, 0.25) is 0 Å². The molecule has 1 aromatic heterocycles. The molecule has 0 radical (unpaired) electrons. The SMILES string of the molecule is COc1ccc(-c2nc(CC(=O)NC3CCCCCCC3)cs2)cc1OC. The third kappa shape index (κ3) is 5.45. The average molecular weight is 389 g/mol. The Morgan fingerprint density at radius 1 is 1.11 bits per heavy atom. The zero-order valence-corrected chi connectivity index (χ0v) is 16.9. The number of benzene rings is 1. The standard InChI is InChI=1S/C21H28N2O3S/c1-25-18-11-10-15(12-19(18)26-2)21-23-17(14-27-21)13-20(24)22-16-8-6-4-3-5-7-9-16/h10-12,14,16H,3-9,13H2,1-2H3,(H,22,24). The number of amides is 1. The van der Waals surface area contributed by atoms with Gasteiger partial charge in [-0.1, -0.05) is 32.1 Å². The van der Waals surface area contributed by atoms with Crippen molar-refractivity contribution in [1.82, 2.24) is 10.3 Å². The van der Waals surface area contributed by atoms with Gasteiger partial charge in [0.15, 0.2) is 11.5 Å². The number of ether oxygens (including phenoxy) is 2. The fourth-order valence-electron chi connectivity index (χ4n) is 3.53. The highest BCUT2D eigenvalue weighted by Gasteiger charge is 2.16. The van der Waals surface area contributed by atoms with E-state index >= 15 is 0 Å². The highest BCUT2D eigenvalue weighted by molar-refractivity contribution is 7.13. The van der Waals surface area contributed by atoms with Crippen LogP contribution >= 0.6 is 11.3 Å². The number of carbonyl (C=O) groups is 1. The minimum absolute atomic E-state index is 0.0738. The topological polar surface area (TPSA) is 60.5 Å². The zero-order valence-electron chi connectivity index (χ0n) is 16.1. The molecule has 146 valence electrons. The van der Waals surface area contributed by atoms with E-state index in [0.29, 0.717) is 24.0 Å². The molecule has 1 heterocycles. The Kier molecular flexibility index (Phi) is 7.10. The van der Waals surface area contributed by atoms with Crippen molar-refractivity contribution in [2.24, 2.45) is 0 Å². The minimum atomic E-state index is 0.0738. The van der Waals surface area contributed by atoms with E-state index in [1.54, 1.807) is 25.6 Å². The van der Waals surface area contributed by atoms with E-state index in [1.165, 1.54) is 32.1 Å². The number of carbonyl (C=O) groups excluding carboxylic acids is 1. The van der Waals surface area contributed by atoms with Crippen LogP contribution in [-0.4, -0.2) is 31.2 Å². The van der Waals surface area contributed by atoms with E-state index in [-0.39, 0.29) is 5.91 Å². The summed E-state index contributed by atoms with van der Waals surface area (Å²) in [5.41, 5.74) is 1.78. The summed E-state index contributed by atoms with van der Waals surface area (Å²) in [5, 5.41) is 6.05. The maximum absolute atomic E-state index is 12.4. The van der Waals surface area contributed by atoms with Crippen molar-refractivity contribution in [3.8, 4) is 22.1 Å². The van der Waals surface area contributed by atoms with Gasteiger partial charge in [0, 0.05) is 17.0 Å². The molecule has 0 aliphatic heterocycles. The summed E-state index contributed by atoms with van der Waals surface area (Å²) in [6.07, 6.45) is 8.86. The van der Waals surface area contributed by atoms with Gasteiger partial charge in [0.2, 0.25) is 5.91 Å². The van der Waals surface area contributed by atoms with E-state index in [4.69, 9.17) is 9.47 Å². The summed E-state index contributed by atoms with van der Waals surface area (Å²) in [6.45, 7) is 0. The van der Waals surface area contributed by atoms with Gasteiger partial charge in [-0.15, -0.1) is 11.3 Å². The molecule has 6 heteroatoms. The van der Waals surface area contributed by atoms with Gasteiger partial charge in [-0.25, -0.2) is 4.98 Å². The van der Waals surface area contributed by atoms with E-state index in [2.05, 4.69) is 10.3 Å². The average Bonchev–Trinajstić information content (AvgIpc) is 3.11. The lowest BCUT2D eigenvalue weighted by Gasteiger charge is -2.20. The number of methoxy groups -OCH3 is 2. The molecule has 1 fully saturated rings. The Balaban J connectivity index is 1.61. The van der Waals surface area contributed by atoms with Crippen molar-refractivity contribution < 1.29 is 14.3 Å². The molecule has 2 aromatic rings. The molecule has 0 bridgehead atoms. The molecule has 1 N–H and O–H groups in total. The van der Waals surface area contributed by atoms with Crippen molar-refractivity contribution in [3.63, 3.8) is 0 Å². The highest BCUT2D eigenvalue weighted by atomic mass is 32.1. The number of nitrogens with one attached hydrogen (secondary N) is 1. The Bertz CT molecular complexity index is 752. The van der Waals surface area contributed by atoms with Gasteiger partial charge in [0.05, 0.1) is 26.3 Å². The number of nitrogens with zero attached hydrogens (tertiary/aromatic N) is 1. The van der Waals surface area contributed by atoms with Gasteiger partial charge in [0.1, 0.15) is 5.01 Å². The van der Waals surface area contributed by atoms with Crippen LogP contribution in [-0.2, 0) is 11.2 Å². The number of hydrogen-bond acceptors (Lipinski definition) is 5. The molecule has 3 rings (SSSR count). The first kappa shape index (κ1) is 19.7. The monoisotopic (exact) mass is 388 g/mol. The van der Waals surface area contributed by atoms with Crippen LogP contribution in [0.15, 0.2) is 23.6 Å². The molecule has 1 saturated carbocycles. The number of aromatic nitrogens is 1. The van der Waals surface area contributed by atoms with Gasteiger partial charge in [-0.2, -0.15) is 0 Å². The quantitative estimate of drug-likeness (QED) is 0.786. The number of thiazole rings is 1. The van der Waals surface area contributed by atoms with Crippen molar-refractivity contribution in [2.45, 2.75) is 57.4 Å². The summed E-state index contributed by atoms with van der Waals surface area (Å²) in [7, 11) is 3.24. The smallest absolute Gasteiger partial charge is 0.226 e. The molecular weight excluding hydrogens is 360 g/mol. The largest absolute Gasteiger partial charge is 0.493 e. The normalized spacial score (nSPS) is 15.6. The van der Waals surface area contributed by atoms with Crippen LogP contribution in [0.5, 0.6) is 11.5 Å². The summed E-state index contributed by atoms with van der Waals surface area (Å²) >= 11 is 1.54. The molecule has 0 atom stereocenters. The Morgan fingerprint density at radius 3 is 2.52 bits per heavy atom. The molecule has 1 aliphatic carbocycles. The first-order chi connectivity index (χ1) is 13.2. The molecule has 1 aliphatic rings. The second-order valence-corrected chi connectivity index (χ2v) is 7.86. The van der Waals surface area contributed by atoms with Gasteiger partial charge >= 0.3 is 0 Å². The molecule has 27 heavy (non-hydrogen) atoms. The Labute approximate surface area is 165 Å². The lowest BCUT2D eigenvalue weighted by molar-refractivity contribution is -0.121. The summed E-state index contributed by atoms with van der Waals surface area (Å²) < 4.78 is 10.6. The molecule has 0 spiro atoms. The van der Waals surface area contributed by atoms with E-state index in [1.807, 2.05) is 23.6 Å². The third-order valence-electron chi connectivity index (χ3n) is 4.99. The van der Waals surface area contributed by atoms with Crippen molar-refractivity contribution in [1.29, 1.82) is 0 Å². The van der Waals surface area contributed by atoms with E-state index in [0.717, 1.165) is 29.1 Å². The zero-order chi connectivity index (χ0) is 19.1. The van der Waals surface area contributed by atoms with Gasteiger partial charge in [-0.05, 0) is 31.0 Å². The van der Waals surface area contributed by atoms with Crippen LogP contribution in [0.25, 0.3) is 10.6 Å².